The lowest BCUT2D eigenvalue weighted by Gasteiger charge is -2.10. The van der Waals surface area contributed by atoms with Crippen molar-refractivity contribution in [3.8, 4) is 0 Å². The Morgan fingerprint density at radius 3 is 3.00 bits per heavy atom. The molecule has 0 aliphatic rings. The van der Waals surface area contributed by atoms with E-state index in [0.29, 0.717) is 17.8 Å². The van der Waals surface area contributed by atoms with E-state index in [1.165, 1.54) is 12.1 Å². The normalized spacial score (nSPS) is 10.3. The summed E-state index contributed by atoms with van der Waals surface area (Å²) < 4.78 is 14.7. The molecular formula is C14H17FN4O. The van der Waals surface area contributed by atoms with Crippen LogP contribution in [0.4, 0.5) is 14.9 Å². The molecule has 1 aromatic heterocycles. The van der Waals surface area contributed by atoms with Crippen LogP contribution in [0.25, 0.3) is 0 Å². The summed E-state index contributed by atoms with van der Waals surface area (Å²) in [5, 5.41) is 9.52. The van der Waals surface area contributed by atoms with Crippen LogP contribution in [0.2, 0.25) is 0 Å². The van der Waals surface area contributed by atoms with Crippen LogP contribution in [-0.4, -0.2) is 22.4 Å². The van der Waals surface area contributed by atoms with Gasteiger partial charge in [0.25, 0.3) is 0 Å². The Hall–Kier alpha value is -2.37. The minimum Gasteiger partial charge on any atom is -0.338 e. The van der Waals surface area contributed by atoms with Gasteiger partial charge in [-0.15, -0.1) is 0 Å². The molecule has 0 atom stereocenters. The van der Waals surface area contributed by atoms with E-state index in [-0.39, 0.29) is 11.8 Å². The van der Waals surface area contributed by atoms with E-state index in [0.717, 1.165) is 13.0 Å². The Kier molecular flexibility index (Phi) is 4.70. The van der Waals surface area contributed by atoms with Crippen molar-refractivity contribution in [2.45, 2.75) is 19.9 Å². The van der Waals surface area contributed by atoms with Gasteiger partial charge in [0.05, 0.1) is 0 Å². The lowest BCUT2D eigenvalue weighted by Crippen LogP contribution is -2.30. The highest BCUT2D eigenvalue weighted by Crippen LogP contribution is 2.15. The summed E-state index contributed by atoms with van der Waals surface area (Å²) in [6.07, 6.45) is 4.39. The number of hydrogen-bond donors (Lipinski definition) is 2. The third kappa shape index (κ3) is 4.08. The number of amides is 2. The molecule has 2 N–H and O–H groups in total. The fourth-order valence-corrected chi connectivity index (χ4v) is 1.81. The molecule has 0 bridgehead atoms. The van der Waals surface area contributed by atoms with E-state index in [4.69, 9.17) is 0 Å². The molecule has 2 rings (SSSR count). The molecule has 0 saturated heterocycles. The third-order valence-corrected chi connectivity index (χ3v) is 2.85. The minimum absolute atomic E-state index is 0.292. The maximum absolute atomic E-state index is 12.9. The number of halogens is 1. The molecule has 0 fully saturated rings. The van der Waals surface area contributed by atoms with Crippen molar-refractivity contribution in [3.05, 3.63) is 48.0 Å². The van der Waals surface area contributed by atoms with Gasteiger partial charge in [0.1, 0.15) is 5.82 Å². The molecule has 0 saturated carbocycles. The number of rotatable bonds is 5. The number of nitrogens with one attached hydrogen (secondary N) is 2. The molecule has 106 valence electrons. The molecule has 0 aliphatic heterocycles. The first-order valence-electron chi connectivity index (χ1n) is 6.43. The zero-order valence-electron chi connectivity index (χ0n) is 11.3. The number of benzene rings is 1. The Bertz CT molecular complexity index is 569. The number of carbonyl (C=O) groups excluding carboxylic acids is 1. The van der Waals surface area contributed by atoms with Gasteiger partial charge in [0, 0.05) is 31.2 Å². The molecule has 6 heteroatoms. The summed E-state index contributed by atoms with van der Waals surface area (Å²) in [5.74, 6) is -0.312. The summed E-state index contributed by atoms with van der Waals surface area (Å²) >= 11 is 0. The maximum atomic E-state index is 12.9. The Morgan fingerprint density at radius 2 is 2.30 bits per heavy atom. The lowest BCUT2D eigenvalue weighted by atomic mass is 10.2. The van der Waals surface area contributed by atoms with E-state index in [1.807, 2.05) is 16.9 Å². The van der Waals surface area contributed by atoms with Crippen molar-refractivity contribution in [2.24, 2.45) is 0 Å². The van der Waals surface area contributed by atoms with E-state index in [9.17, 15) is 9.18 Å². The van der Waals surface area contributed by atoms with Crippen molar-refractivity contribution in [1.29, 1.82) is 0 Å². The molecule has 0 spiro atoms. The van der Waals surface area contributed by atoms with E-state index < -0.39 is 0 Å². The van der Waals surface area contributed by atoms with Gasteiger partial charge in [0.15, 0.2) is 0 Å². The van der Waals surface area contributed by atoms with Gasteiger partial charge in [-0.05, 0) is 43.2 Å². The average molecular weight is 276 g/mol. The molecule has 1 aromatic carbocycles. The minimum atomic E-state index is -0.312. The van der Waals surface area contributed by atoms with Gasteiger partial charge in [-0.25, -0.2) is 9.18 Å². The number of anilines is 1. The molecule has 0 aliphatic carbocycles. The van der Waals surface area contributed by atoms with Gasteiger partial charge < -0.3 is 10.6 Å². The highest BCUT2D eigenvalue weighted by Gasteiger charge is 2.04. The third-order valence-electron chi connectivity index (χ3n) is 2.85. The van der Waals surface area contributed by atoms with Crippen LogP contribution in [0.15, 0.2) is 36.7 Å². The average Bonchev–Trinajstić information content (AvgIpc) is 2.91. The SMILES string of the molecule is Cc1cc(F)ccc1NC(=O)NCCCn1cccn1. The van der Waals surface area contributed by atoms with Crippen molar-refractivity contribution < 1.29 is 9.18 Å². The van der Waals surface area contributed by atoms with E-state index >= 15 is 0 Å². The Labute approximate surface area is 116 Å². The largest absolute Gasteiger partial charge is 0.338 e. The zero-order chi connectivity index (χ0) is 14.4. The van der Waals surface area contributed by atoms with Gasteiger partial charge >= 0.3 is 6.03 Å². The second-order valence-corrected chi connectivity index (χ2v) is 4.46. The molecule has 0 radical (unpaired) electrons. The van der Waals surface area contributed by atoms with Crippen molar-refractivity contribution >= 4 is 11.7 Å². The fraction of sp³-hybridized carbons (Fsp3) is 0.286. The van der Waals surface area contributed by atoms with Crippen molar-refractivity contribution in [3.63, 3.8) is 0 Å². The molecule has 1 heterocycles. The summed E-state index contributed by atoms with van der Waals surface area (Å²) in [6.45, 7) is 3.05. The molecule has 2 amide bonds. The number of urea groups is 1. The monoisotopic (exact) mass is 276 g/mol. The first-order chi connectivity index (χ1) is 9.65. The topological polar surface area (TPSA) is 59.0 Å². The Balaban J connectivity index is 1.72. The second kappa shape index (κ2) is 6.70. The predicted molar refractivity (Wildman–Crippen MR) is 75.0 cm³/mol. The summed E-state index contributed by atoms with van der Waals surface area (Å²) in [5.41, 5.74) is 1.30. The van der Waals surface area contributed by atoms with Crippen LogP contribution in [0.3, 0.4) is 0 Å². The van der Waals surface area contributed by atoms with Crippen LogP contribution >= 0.6 is 0 Å². The standard InChI is InChI=1S/C14H17FN4O/c1-11-10-12(15)4-5-13(11)18-14(20)16-6-2-8-19-9-3-7-17-19/h3-5,7,9-10H,2,6,8H2,1H3,(H2,16,18,20). The predicted octanol–water partition coefficient (Wildman–Crippen LogP) is 2.54. The maximum Gasteiger partial charge on any atom is 0.319 e. The summed E-state index contributed by atoms with van der Waals surface area (Å²) in [7, 11) is 0. The quantitative estimate of drug-likeness (QED) is 0.824. The first-order valence-corrected chi connectivity index (χ1v) is 6.43. The van der Waals surface area contributed by atoms with Crippen LogP contribution in [-0.2, 0) is 6.54 Å². The fourth-order valence-electron chi connectivity index (χ4n) is 1.81. The number of aryl methyl sites for hydroxylation is 2. The zero-order valence-corrected chi connectivity index (χ0v) is 11.3. The van der Waals surface area contributed by atoms with Gasteiger partial charge in [-0.1, -0.05) is 0 Å². The van der Waals surface area contributed by atoms with Crippen LogP contribution in [0.1, 0.15) is 12.0 Å². The van der Waals surface area contributed by atoms with Gasteiger partial charge in [-0.3, -0.25) is 4.68 Å². The van der Waals surface area contributed by atoms with Gasteiger partial charge in [-0.2, -0.15) is 5.10 Å². The highest BCUT2D eigenvalue weighted by molar-refractivity contribution is 5.89. The van der Waals surface area contributed by atoms with Crippen molar-refractivity contribution in [1.82, 2.24) is 15.1 Å². The van der Waals surface area contributed by atoms with Crippen LogP contribution in [0, 0.1) is 12.7 Å². The first kappa shape index (κ1) is 14.0. The van der Waals surface area contributed by atoms with Crippen LogP contribution in [0.5, 0.6) is 0 Å². The highest BCUT2D eigenvalue weighted by atomic mass is 19.1. The molecule has 0 unspecified atom stereocenters. The number of hydrogen-bond acceptors (Lipinski definition) is 2. The molecule has 20 heavy (non-hydrogen) atoms. The van der Waals surface area contributed by atoms with Gasteiger partial charge in [0.2, 0.25) is 0 Å². The van der Waals surface area contributed by atoms with Crippen molar-refractivity contribution in [2.75, 3.05) is 11.9 Å². The second-order valence-electron chi connectivity index (χ2n) is 4.46. The molecular weight excluding hydrogens is 259 g/mol. The smallest absolute Gasteiger partial charge is 0.319 e. The van der Waals surface area contributed by atoms with Crippen LogP contribution < -0.4 is 10.6 Å². The number of carbonyl (C=O) groups is 1. The number of aromatic nitrogens is 2. The summed E-state index contributed by atoms with van der Waals surface area (Å²) in [4.78, 5) is 11.7. The Morgan fingerprint density at radius 1 is 1.45 bits per heavy atom. The molecule has 2 aromatic rings. The molecule has 5 nitrogen and oxygen atoms in total. The number of nitrogens with zero attached hydrogens (tertiary/aromatic N) is 2. The lowest BCUT2D eigenvalue weighted by molar-refractivity contribution is 0.251. The van der Waals surface area contributed by atoms with E-state index in [1.54, 1.807) is 19.2 Å². The van der Waals surface area contributed by atoms with E-state index in [2.05, 4.69) is 15.7 Å². The summed E-state index contributed by atoms with van der Waals surface area (Å²) in [6, 6.07) is 5.82.